The van der Waals surface area contributed by atoms with Gasteiger partial charge in [-0.3, -0.25) is 0 Å². The average Bonchev–Trinajstić information content (AvgIpc) is 2.89. The van der Waals surface area contributed by atoms with E-state index in [1.54, 1.807) is 12.3 Å². The number of furan rings is 1. The molecule has 0 bridgehead atoms. The first-order valence-electron chi connectivity index (χ1n) is 6.18. The first kappa shape index (κ1) is 15.8. The van der Waals surface area contributed by atoms with Crippen molar-refractivity contribution < 1.29 is 12.8 Å². The highest BCUT2D eigenvalue weighted by Gasteiger charge is 2.21. The Morgan fingerprint density at radius 3 is 2.76 bits per heavy atom. The lowest BCUT2D eigenvalue weighted by atomic mass is 10.3. The van der Waals surface area contributed by atoms with Crippen LogP contribution in [0, 0.1) is 6.92 Å². The zero-order valence-electron chi connectivity index (χ0n) is 11.9. The predicted molar refractivity (Wildman–Crippen MR) is 80.9 cm³/mol. The van der Waals surface area contributed by atoms with E-state index in [0.29, 0.717) is 23.1 Å². The van der Waals surface area contributed by atoms with Gasteiger partial charge in [-0.25, -0.2) is 17.7 Å². The molecule has 0 fully saturated rings. The molecule has 2 aromatic rings. The van der Waals surface area contributed by atoms with Gasteiger partial charge >= 0.3 is 0 Å². The van der Waals surface area contributed by atoms with Crippen LogP contribution in [0.5, 0.6) is 0 Å². The normalized spacial score (nSPS) is 11.9. The molecule has 0 radical (unpaired) electrons. The molecule has 0 saturated carbocycles. The summed E-state index contributed by atoms with van der Waals surface area (Å²) in [5.41, 5.74) is 1.64. The molecule has 8 heteroatoms. The summed E-state index contributed by atoms with van der Waals surface area (Å²) >= 11 is 5.98. The number of hydrogen-bond acceptors (Lipinski definition) is 5. The quantitative estimate of drug-likeness (QED) is 0.853. The van der Waals surface area contributed by atoms with Crippen LogP contribution in [0.2, 0.25) is 5.15 Å². The highest BCUT2D eigenvalue weighted by Crippen LogP contribution is 2.22. The van der Waals surface area contributed by atoms with Gasteiger partial charge in [0.1, 0.15) is 5.76 Å². The standard InChI is InChI=1S/C13H16ClN3O3S/c1-9-6-11(13(14)16-7-9)15-8-10-4-5-12(20-10)21(18,19)17(2)3/h4-7,15H,8H2,1-3H3. The maximum Gasteiger partial charge on any atom is 0.275 e. The molecule has 114 valence electrons. The molecule has 0 saturated heterocycles. The molecule has 0 unspecified atom stereocenters. The Balaban J connectivity index is 2.12. The van der Waals surface area contributed by atoms with Crippen LogP contribution in [-0.2, 0) is 16.6 Å². The van der Waals surface area contributed by atoms with Crippen LogP contribution < -0.4 is 5.32 Å². The summed E-state index contributed by atoms with van der Waals surface area (Å²) in [7, 11) is -0.649. The van der Waals surface area contributed by atoms with Gasteiger partial charge < -0.3 is 9.73 Å². The fourth-order valence-corrected chi connectivity index (χ4v) is 2.61. The van der Waals surface area contributed by atoms with Gasteiger partial charge in [-0.2, -0.15) is 0 Å². The molecule has 0 atom stereocenters. The van der Waals surface area contributed by atoms with E-state index in [4.69, 9.17) is 16.0 Å². The Hall–Kier alpha value is -1.57. The molecular weight excluding hydrogens is 314 g/mol. The Morgan fingerprint density at radius 1 is 1.38 bits per heavy atom. The topological polar surface area (TPSA) is 75.4 Å². The van der Waals surface area contributed by atoms with Crippen molar-refractivity contribution in [3.8, 4) is 0 Å². The number of nitrogens with zero attached hydrogens (tertiary/aromatic N) is 2. The van der Waals surface area contributed by atoms with Crippen LogP contribution in [0.15, 0.2) is 33.9 Å². The summed E-state index contributed by atoms with van der Waals surface area (Å²) in [5, 5.41) is 3.34. The van der Waals surface area contributed by atoms with E-state index in [9.17, 15) is 8.42 Å². The van der Waals surface area contributed by atoms with Crippen LogP contribution in [-0.4, -0.2) is 31.8 Å². The van der Waals surface area contributed by atoms with Crippen molar-refractivity contribution in [1.29, 1.82) is 0 Å². The SMILES string of the molecule is Cc1cnc(Cl)c(NCc2ccc(S(=O)(=O)N(C)C)o2)c1. The second-order valence-electron chi connectivity index (χ2n) is 4.71. The van der Waals surface area contributed by atoms with Gasteiger partial charge in [-0.1, -0.05) is 11.6 Å². The third-order valence-corrected chi connectivity index (χ3v) is 4.79. The zero-order valence-corrected chi connectivity index (χ0v) is 13.5. The molecule has 1 N–H and O–H groups in total. The monoisotopic (exact) mass is 329 g/mol. The van der Waals surface area contributed by atoms with Crippen molar-refractivity contribution >= 4 is 27.3 Å². The number of pyridine rings is 1. The largest absolute Gasteiger partial charge is 0.446 e. The van der Waals surface area contributed by atoms with Crippen molar-refractivity contribution in [1.82, 2.24) is 9.29 Å². The van der Waals surface area contributed by atoms with Crippen molar-refractivity contribution in [3.63, 3.8) is 0 Å². The number of anilines is 1. The molecule has 0 aliphatic rings. The molecule has 0 aromatic carbocycles. The number of sulfonamides is 1. The Bertz CT molecular complexity index is 741. The summed E-state index contributed by atoms with van der Waals surface area (Å²) in [4.78, 5) is 4.03. The second-order valence-corrected chi connectivity index (χ2v) is 7.15. The average molecular weight is 330 g/mol. The van der Waals surface area contributed by atoms with E-state index < -0.39 is 10.0 Å². The number of nitrogens with one attached hydrogen (secondary N) is 1. The van der Waals surface area contributed by atoms with Gasteiger partial charge in [0, 0.05) is 20.3 Å². The highest BCUT2D eigenvalue weighted by atomic mass is 35.5. The summed E-state index contributed by atoms with van der Waals surface area (Å²) in [5.74, 6) is 0.494. The maximum atomic E-state index is 11.9. The molecule has 2 aromatic heterocycles. The molecular formula is C13H16ClN3O3S. The van der Waals surface area contributed by atoms with E-state index >= 15 is 0 Å². The van der Waals surface area contributed by atoms with Gasteiger partial charge in [-0.05, 0) is 30.7 Å². The van der Waals surface area contributed by atoms with Crippen molar-refractivity contribution in [2.24, 2.45) is 0 Å². The molecule has 2 heterocycles. The first-order chi connectivity index (χ1) is 9.80. The van der Waals surface area contributed by atoms with Gasteiger partial charge in [-0.15, -0.1) is 0 Å². The van der Waals surface area contributed by atoms with Gasteiger partial charge in [0.2, 0.25) is 5.09 Å². The van der Waals surface area contributed by atoms with Gasteiger partial charge in [0.05, 0.1) is 12.2 Å². The third kappa shape index (κ3) is 3.55. The Morgan fingerprint density at radius 2 is 2.10 bits per heavy atom. The van der Waals surface area contributed by atoms with Gasteiger partial charge in [0.15, 0.2) is 5.15 Å². The van der Waals surface area contributed by atoms with Crippen LogP contribution >= 0.6 is 11.6 Å². The van der Waals surface area contributed by atoms with E-state index in [0.717, 1.165) is 9.87 Å². The second kappa shape index (κ2) is 6.05. The van der Waals surface area contributed by atoms with Crippen LogP contribution in [0.4, 0.5) is 5.69 Å². The van der Waals surface area contributed by atoms with E-state index in [2.05, 4.69) is 10.3 Å². The van der Waals surface area contributed by atoms with E-state index in [-0.39, 0.29) is 5.09 Å². The molecule has 0 aliphatic heterocycles. The lowest BCUT2D eigenvalue weighted by Crippen LogP contribution is -2.21. The van der Waals surface area contributed by atoms with E-state index in [1.165, 1.54) is 20.2 Å². The molecule has 0 amide bonds. The Kier molecular flexibility index (Phi) is 4.55. The molecule has 0 spiro atoms. The van der Waals surface area contributed by atoms with Crippen molar-refractivity contribution in [3.05, 3.63) is 40.9 Å². The van der Waals surface area contributed by atoms with Gasteiger partial charge in [0.25, 0.3) is 10.0 Å². The lowest BCUT2D eigenvalue weighted by Gasteiger charge is -2.08. The number of aromatic nitrogens is 1. The van der Waals surface area contributed by atoms with E-state index in [1.807, 2.05) is 13.0 Å². The van der Waals surface area contributed by atoms with Crippen molar-refractivity contribution in [2.45, 2.75) is 18.6 Å². The highest BCUT2D eigenvalue weighted by molar-refractivity contribution is 7.88. The number of hydrogen-bond donors (Lipinski definition) is 1. The molecule has 0 aliphatic carbocycles. The summed E-state index contributed by atoms with van der Waals surface area (Å²) < 4.78 is 30.2. The minimum absolute atomic E-state index is 0.0854. The molecule has 6 nitrogen and oxygen atoms in total. The maximum absolute atomic E-state index is 11.9. The molecule has 21 heavy (non-hydrogen) atoms. The number of halogens is 1. The van der Waals surface area contributed by atoms with Crippen LogP contribution in [0.1, 0.15) is 11.3 Å². The lowest BCUT2D eigenvalue weighted by molar-refractivity contribution is 0.402. The fraction of sp³-hybridized carbons (Fsp3) is 0.308. The fourth-order valence-electron chi connectivity index (χ4n) is 1.63. The molecule has 2 rings (SSSR count). The summed E-state index contributed by atoms with van der Waals surface area (Å²) in [6.07, 6.45) is 1.67. The van der Waals surface area contributed by atoms with Crippen LogP contribution in [0.3, 0.4) is 0 Å². The minimum Gasteiger partial charge on any atom is -0.446 e. The minimum atomic E-state index is -3.55. The number of aryl methyl sites for hydroxylation is 1. The smallest absolute Gasteiger partial charge is 0.275 e. The summed E-state index contributed by atoms with van der Waals surface area (Å²) in [6.45, 7) is 2.22. The Labute approximate surface area is 128 Å². The van der Waals surface area contributed by atoms with Crippen LogP contribution in [0.25, 0.3) is 0 Å². The van der Waals surface area contributed by atoms with Crippen molar-refractivity contribution in [2.75, 3.05) is 19.4 Å². The number of rotatable bonds is 5. The zero-order chi connectivity index (χ0) is 15.6. The summed E-state index contributed by atoms with van der Waals surface area (Å²) in [6, 6.07) is 4.90. The third-order valence-electron chi connectivity index (χ3n) is 2.80. The predicted octanol–water partition coefficient (Wildman–Crippen LogP) is 2.50. The first-order valence-corrected chi connectivity index (χ1v) is 8.00.